The van der Waals surface area contributed by atoms with Crippen LogP contribution in [0.25, 0.3) is 0 Å². The molecule has 0 saturated carbocycles. The molecule has 1 rings (SSSR count). The summed E-state index contributed by atoms with van der Waals surface area (Å²) in [6, 6.07) is 0. The van der Waals surface area contributed by atoms with Crippen molar-refractivity contribution in [2.45, 2.75) is 0 Å². The minimum atomic E-state index is 0.671. The van der Waals surface area contributed by atoms with E-state index >= 15 is 0 Å². The van der Waals surface area contributed by atoms with Gasteiger partial charge in [-0.1, -0.05) is 0 Å². The van der Waals surface area contributed by atoms with Gasteiger partial charge in [-0.05, 0) is 23.8 Å². The molecular formula is C2HIN2S2. The van der Waals surface area contributed by atoms with Crippen molar-refractivity contribution in [1.29, 1.82) is 0 Å². The molecule has 0 aliphatic heterocycles. The fourth-order valence-electron chi connectivity index (χ4n) is 0.212. The zero-order valence-corrected chi connectivity index (χ0v) is 6.93. The second-order valence-electron chi connectivity index (χ2n) is 0.873. The Labute approximate surface area is 63.3 Å². The van der Waals surface area contributed by atoms with E-state index in [-0.39, 0.29) is 0 Å². The van der Waals surface area contributed by atoms with Crippen LogP contribution in [0.2, 0.25) is 0 Å². The summed E-state index contributed by atoms with van der Waals surface area (Å²) in [5.41, 5.74) is 0. The molecule has 5 heteroatoms. The van der Waals surface area contributed by atoms with Gasteiger partial charge in [0.2, 0.25) is 0 Å². The summed E-state index contributed by atoms with van der Waals surface area (Å²) in [6.07, 6.45) is 0. The van der Waals surface area contributed by atoms with E-state index in [2.05, 4.69) is 31.9 Å². The molecule has 0 spiro atoms. The van der Waals surface area contributed by atoms with Crippen LogP contribution in [0.5, 0.6) is 0 Å². The molecule has 1 N–H and O–H groups in total. The van der Waals surface area contributed by atoms with Gasteiger partial charge < -0.3 is 0 Å². The Morgan fingerprint density at radius 1 is 1.86 bits per heavy atom. The lowest BCUT2D eigenvalue weighted by atomic mass is 11.3. The Bertz CT molecular complexity index is 201. The van der Waals surface area contributed by atoms with E-state index in [1.807, 2.05) is 0 Å². The highest BCUT2D eigenvalue weighted by atomic mass is 127. The van der Waals surface area contributed by atoms with Crippen LogP contribution in [0.3, 0.4) is 0 Å². The Hall–Kier alpha value is 0.510. The quantitative estimate of drug-likeness (QED) is 0.557. The molecule has 0 aromatic carbocycles. The fraction of sp³-hybridized carbons (Fsp3) is 0. The maximum atomic E-state index is 4.70. The van der Waals surface area contributed by atoms with Crippen molar-refractivity contribution in [3.05, 3.63) is 7.79 Å². The lowest BCUT2D eigenvalue weighted by Gasteiger charge is -1.63. The van der Waals surface area contributed by atoms with E-state index in [9.17, 15) is 0 Å². The van der Waals surface area contributed by atoms with Gasteiger partial charge >= 0.3 is 0 Å². The summed E-state index contributed by atoms with van der Waals surface area (Å²) in [5.74, 6) is 0. The Morgan fingerprint density at radius 3 is 2.71 bits per heavy atom. The molecule has 0 radical (unpaired) electrons. The smallest absolute Gasteiger partial charge is 0.198 e. The van der Waals surface area contributed by atoms with Crippen LogP contribution in [0, 0.1) is 7.79 Å². The van der Waals surface area contributed by atoms with Gasteiger partial charge in [0.05, 0.1) is 0 Å². The molecule has 0 unspecified atom stereocenters. The van der Waals surface area contributed by atoms with E-state index in [1.54, 1.807) is 0 Å². The van der Waals surface area contributed by atoms with Crippen LogP contribution < -0.4 is 0 Å². The molecule has 0 aliphatic rings. The van der Waals surface area contributed by atoms with Gasteiger partial charge in [-0.3, -0.25) is 4.37 Å². The Balaban J connectivity index is 3.30. The fourth-order valence-corrected chi connectivity index (χ4v) is 1.68. The maximum absolute atomic E-state index is 4.70. The molecule has 0 saturated heterocycles. The van der Waals surface area contributed by atoms with Crippen LogP contribution in [0.1, 0.15) is 0 Å². The molecule has 0 atom stereocenters. The highest BCUT2D eigenvalue weighted by Crippen LogP contribution is 1.99. The third kappa shape index (κ3) is 1.46. The van der Waals surface area contributed by atoms with E-state index in [0.717, 1.165) is 3.83 Å². The van der Waals surface area contributed by atoms with Crippen molar-refractivity contribution in [1.82, 2.24) is 9.36 Å². The van der Waals surface area contributed by atoms with Gasteiger partial charge in [0.1, 0.15) is 0 Å². The number of rotatable bonds is 0. The first-order chi connectivity index (χ1) is 3.29. The maximum Gasteiger partial charge on any atom is 0.198 e. The van der Waals surface area contributed by atoms with E-state index < -0.39 is 0 Å². The predicted octanol–water partition coefficient (Wildman–Crippen LogP) is 1.81. The first-order valence-electron chi connectivity index (χ1n) is 1.50. The second-order valence-corrected chi connectivity index (χ2v) is 3.33. The third-order valence-corrected chi connectivity index (χ3v) is 2.19. The van der Waals surface area contributed by atoms with Crippen molar-refractivity contribution in [3.63, 3.8) is 0 Å². The highest BCUT2D eigenvalue weighted by molar-refractivity contribution is 14.1. The lowest BCUT2D eigenvalue weighted by molar-refractivity contribution is 1.24. The first kappa shape index (κ1) is 5.64. The highest BCUT2D eigenvalue weighted by Gasteiger charge is 1.84. The van der Waals surface area contributed by atoms with Crippen molar-refractivity contribution < 1.29 is 0 Å². The van der Waals surface area contributed by atoms with Crippen molar-refractivity contribution >= 4 is 46.3 Å². The van der Waals surface area contributed by atoms with Crippen LogP contribution in [0.15, 0.2) is 0 Å². The van der Waals surface area contributed by atoms with E-state index in [1.165, 1.54) is 11.5 Å². The lowest BCUT2D eigenvalue weighted by Crippen LogP contribution is -1.65. The van der Waals surface area contributed by atoms with Gasteiger partial charge in [0.15, 0.2) is 7.79 Å². The molecule has 0 bridgehead atoms. The Morgan fingerprint density at radius 2 is 2.57 bits per heavy atom. The minimum Gasteiger partial charge on any atom is -0.288 e. The van der Waals surface area contributed by atoms with Crippen LogP contribution in [-0.4, -0.2) is 9.36 Å². The summed E-state index contributed by atoms with van der Waals surface area (Å²) >= 11 is 8.16. The number of halogens is 1. The first-order valence-corrected chi connectivity index (χ1v) is 3.80. The zero-order valence-electron chi connectivity index (χ0n) is 3.14. The molecule has 7 heavy (non-hydrogen) atoms. The van der Waals surface area contributed by atoms with Crippen molar-refractivity contribution in [2.75, 3.05) is 0 Å². The molecule has 2 nitrogen and oxygen atoms in total. The van der Waals surface area contributed by atoms with Crippen molar-refractivity contribution in [3.8, 4) is 0 Å². The number of hydrogen-bond acceptors (Lipinski definition) is 3. The summed E-state index contributed by atoms with van der Waals surface area (Å²) in [4.78, 5) is 3.88. The average Bonchev–Trinajstić information content (AvgIpc) is 1.87. The molecule has 1 heterocycles. The summed E-state index contributed by atoms with van der Waals surface area (Å²) in [6.45, 7) is 0. The van der Waals surface area contributed by atoms with E-state index in [4.69, 9.17) is 12.2 Å². The molecule has 1 aromatic rings. The molecule has 0 amide bonds. The Kier molecular flexibility index (Phi) is 1.76. The van der Waals surface area contributed by atoms with Crippen LogP contribution in [0.4, 0.5) is 0 Å². The summed E-state index contributed by atoms with van der Waals surface area (Å²) in [7, 11) is 0. The van der Waals surface area contributed by atoms with Gasteiger partial charge in [0, 0.05) is 22.6 Å². The molecule has 0 fully saturated rings. The monoisotopic (exact) mass is 244 g/mol. The molecule has 0 aliphatic carbocycles. The topological polar surface area (TPSA) is 28.7 Å². The molecule has 1 aromatic heterocycles. The van der Waals surface area contributed by atoms with Gasteiger partial charge in [-0.15, -0.1) is 0 Å². The number of aromatic amines is 1. The van der Waals surface area contributed by atoms with Crippen molar-refractivity contribution in [2.24, 2.45) is 0 Å². The largest absolute Gasteiger partial charge is 0.288 e. The standard InChI is InChI=1S/C2HIN2S2/c3-1-4-2(6)7-5-1/h(H,4,5,6). The predicted molar refractivity (Wildman–Crippen MR) is 40.0 cm³/mol. The SMILES string of the molecule is S=c1nc(I)[nH]s1. The van der Waals surface area contributed by atoms with E-state index in [0.29, 0.717) is 3.95 Å². The second kappa shape index (κ2) is 2.19. The minimum absolute atomic E-state index is 0.671. The van der Waals surface area contributed by atoms with Crippen LogP contribution >= 0.6 is 46.3 Å². The zero-order chi connectivity index (χ0) is 5.28. The van der Waals surface area contributed by atoms with Gasteiger partial charge in [-0.2, -0.15) is 0 Å². The summed E-state index contributed by atoms with van der Waals surface area (Å²) < 4.78 is 4.42. The number of hydrogen-bond donors (Lipinski definition) is 1. The van der Waals surface area contributed by atoms with Gasteiger partial charge in [-0.25, -0.2) is 4.98 Å². The third-order valence-electron chi connectivity index (χ3n) is 0.412. The van der Waals surface area contributed by atoms with Crippen LogP contribution in [-0.2, 0) is 0 Å². The number of nitrogens with zero attached hydrogens (tertiary/aromatic N) is 1. The normalized spacial score (nSPS) is 9.29. The number of H-pyrrole nitrogens is 1. The average molecular weight is 244 g/mol. The summed E-state index contributed by atoms with van der Waals surface area (Å²) in [5, 5.41) is 0. The van der Waals surface area contributed by atoms with Gasteiger partial charge in [0.25, 0.3) is 0 Å². The number of aromatic nitrogens is 2. The molecule has 38 valence electrons. The molecular weight excluding hydrogens is 243 g/mol. The number of nitrogens with one attached hydrogen (secondary N) is 1.